The van der Waals surface area contributed by atoms with E-state index in [1.54, 1.807) is 6.20 Å². The molecule has 5 rings (SSSR count). The van der Waals surface area contributed by atoms with Gasteiger partial charge in [-0.2, -0.15) is 17.5 Å². The quantitative estimate of drug-likeness (QED) is 0.462. The Kier molecular flexibility index (Phi) is 7.02. The van der Waals surface area contributed by atoms with Crippen molar-refractivity contribution in [2.45, 2.75) is 36.8 Å². The first-order chi connectivity index (χ1) is 17.6. The second-order valence-corrected chi connectivity index (χ2v) is 12.1. The number of halogens is 4. The highest BCUT2D eigenvalue weighted by molar-refractivity contribution is 7.89. The number of hydrogen-bond acceptors (Lipinski definition) is 4. The highest BCUT2D eigenvalue weighted by Gasteiger charge is 2.40. The van der Waals surface area contributed by atoms with Gasteiger partial charge >= 0.3 is 6.18 Å². The lowest BCUT2D eigenvalue weighted by Gasteiger charge is -2.40. The standard InChI is InChI=1S/C26H27ClF3N3O3S/c27-22-16-20(15-19-5-10-31-25(34)24(19)22)32-11-6-17(7-12-32)18-8-13-33(14-9-18)37(35,36)23-4-2-1-3-21(23)26(28,29)30/h1-5,10,15-18H,6-9,11-14H2,(H,31,34). The Morgan fingerprint density at radius 3 is 2.19 bits per heavy atom. The molecule has 0 radical (unpaired) electrons. The van der Waals surface area contributed by atoms with E-state index in [0.29, 0.717) is 35.1 Å². The van der Waals surface area contributed by atoms with Crippen molar-refractivity contribution in [2.24, 2.45) is 11.8 Å². The van der Waals surface area contributed by atoms with E-state index in [-0.39, 0.29) is 18.6 Å². The predicted octanol–water partition coefficient (Wildman–Crippen LogP) is 5.52. The molecule has 0 aliphatic carbocycles. The van der Waals surface area contributed by atoms with Gasteiger partial charge in [0.15, 0.2) is 0 Å². The third-order valence-corrected chi connectivity index (χ3v) is 9.95. The molecule has 0 spiro atoms. The molecule has 0 amide bonds. The molecule has 2 aromatic carbocycles. The highest BCUT2D eigenvalue weighted by Crippen LogP contribution is 2.39. The number of alkyl halides is 3. The molecule has 3 heterocycles. The number of fused-ring (bicyclic) bond motifs is 1. The lowest BCUT2D eigenvalue weighted by molar-refractivity contribution is -0.139. The maximum absolute atomic E-state index is 13.4. The molecule has 198 valence electrons. The smallest absolute Gasteiger partial charge is 0.371 e. The Labute approximate surface area is 218 Å². The summed E-state index contributed by atoms with van der Waals surface area (Å²) in [6.07, 6.45) is -0.0176. The number of sulfonamides is 1. The lowest BCUT2D eigenvalue weighted by atomic mass is 9.79. The maximum atomic E-state index is 13.4. The van der Waals surface area contributed by atoms with Crippen LogP contribution in [0.25, 0.3) is 10.8 Å². The molecule has 1 N–H and O–H groups in total. The highest BCUT2D eigenvalue weighted by atomic mass is 35.5. The predicted molar refractivity (Wildman–Crippen MR) is 137 cm³/mol. The van der Waals surface area contributed by atoms with E-state index in [1.165, 1.54) is 16.4 Å². The number of pyridine rings is 1. The van der Waals surface area contributed by atoms with Gasteiger partial charge in [0.05, 0.1) is 20.9 Å². The average Bonchev–Trinajstić information content (AvgIpc) is 2.88. The van der Waals surface area contributed by atoms with Gasteiger partial charge in [-0.15, -0.1) is 0 Å². The first-order valence-corrected chi connectivity index (χ1v) is 14.1. The largest absolute Gasteiger partial charge is 0.417 e. The molecule has 11 heteroatoms. The summed E-state index contributed by atoms with van der Waals surface area (Å²) in [7, 11) is -4.23. The number of piperidine rings is 2. The van der Waals surface area contributed by atoms with Crippen LogP contribution in [-0.2, 0) is 16.2 Å². The first-order valence-electron chi connectivity index (χ1n) is 12.3. The first kappa shape index (κ1) is 26.1. The molecule has 3 aromatic rings. The summed E-state index contributed by atoms with van der Waals surface area (Å²) in [5.41, 5.74) is -0.378. The number of nitrogens with one attached hydrogen (secondary N) is 1. The van der Waals surface area contributed by atoms with E-state index in [1.807, 2.05) is 18.2 Å². The number of H-pyrrole nitrogens is 1. The van der Waals surface area contributed by atoms with Crippen LogP contribution in [0.1, 0.15) is 31.2 Å². The Morgan fingerprint density at radius 2 is 1.54 bits per heavy atom. The van der Waals surface area contributed by atoms with E-state index in [2.05, 4.69) is 9.88 Å². The Hall–Kier alpha value is -2.56. The molecule has 2 aliphatic rings. The molecule has 2 saturated heterocycles. The summed E-state index contributed by atoms with van der Waals surface area (Å²) in [6, 6.07) is 9.99. The fraction of sp³-hybridized carbons (Fsp3) is 0.423. The summed E-state index contributed by atoms with van der Waals surface area (Å²) >= 11 is 6.40. The van der Waals surface area contributed by atoms with Gasteiger partial charge in [-0.25, -0.2) is 8.42 Å². The molecule has 1 aromatic heterocycles. The summed E-state index contributed by atoms with van der Waals surface area (Å²) < 4.78 is 67.6. The van der Waals surface area contributed by atoms with Gasteiger partial charge in [-0.1, -0.05) is 23.7 Å². The molecular formula is C26H27ClF3N3O3S. The second kappa shape index (κ2) is 9.96. The zero-order valence-electron chi connectivity index (χ0n) is 20.0. The van der Waals surface area contributed by atoms with Gasteiger partial charge in [0, 0.05) is 38.1 Å². The van der Waals surface area contributed by atoms with Crippen LogP contribution in [0.3, 0.4) is 0 Å². The van der Waals surface area contributed by atoms with Crippen LogP contribution in [0, 0.1) is 11.8 Å². The summed E-state index contributed by atoms with van der Waals surface area (Å²) in [6.45, 7) is 2.06. The molecule has 0 unspecified atom stereocenters. The van der Waals surface area contributed by atoms with Crippen molar-refractivity contribution in [3.05, 3.63) is 69.6 Å². The van der Waals surface area contributed by atoms with Gasteiger partial charge in [-0.05, 0) is 73.2 Å². The molecule has 2 fully saturated rings. The number of hydrogen-bond donors (Lipinski definition) is 1. The minimum atomic E-state index is -4.74. The number of nitrogens with zero attached hydrogens (tertiary/aromatic N) is 2. The zero-order chi connectivity index (χ0) is 26.4. The van der Waals surface area contributed by atoms with Crippen LogP contribution in [-0.4, -0.2) is 43.9 Å². The Morgan fingerprint density at radius 1 is 0.919 bits per heavy atom. The fourth-order valence-corrected chi connectivity index (χ4v) is 7.72. The van der Waals surface area contributed by atoms with Crippen molar-refractivity contribution in [1.29, 1.82) is 0 Å². The van der Waals surface area contributed by atoms with Crippen LogP contribution in [0.2, 0.25) is 5.02 Å². The van der Waals surface area contributed by atoms with E-state index in [9.17, 15) is 26.4 Å². The number of aromatic amines is 1. The van der Waals surface area contributed by atoms with Crippen molar-refractivity contribution >= 4 is 38.1 Å². The molecular weight excluding hydrogens is 527 g/mol. The second-order valence-electron chi connectivity index (χ2n) is 9.76. The van der Waals surface area contributed by atoms with Gasteiger partial charge in [0.2, 0.25) is 10.0 Å². The van der Waals surface area contributed by atoms with Crippen molar-refractivity contribution in [1.82, 2.24) is 9.29 Å². The SMILES string of the molecule is O=c1[nH]ccc2cc(N3CCC(C4CCN(S(=O)(=O)c5ccccc5C(F)(F)F)CC4)CC3)cc(Cl)c12. The van der Waals surface area contributed by atoms with Crippen molar-refractivity contribution in [3.8, 4) is 0 Å². The summed E-state index contributed by atoms with van der Waals surface area (Å²) in [5, 5.41) is 1.67. The molecule has 6 nitrogen and oxygen atoms in total. The van der Waals surface area contributed by atoms with Crippen LogP contribution in [0.4, 0.5) is 18.9 Å². The van der Waals surface area contributed by atoms with Crippen LogP contribution >= 0.6 is 11.6 Å². The number of anilines is 1. The van der Waals surface area contributed by atoms with Crippen molar-refractivity contribution in [2.75, 3.05) is 31.1 Å². The molecule has 2 aliphatic heterocycles. The third-order valence-electron chi connectivity index (χ3n) is 7.69. The molecule has 0 bridgehead atoms. The maximum Gasteiger partial charge on any atom is 0.417 e. The lowest BCUT2D eigenvalue weighted by Crippen LogP contribution is -2.43. The van der Waals surface area contributed by atoms with Crippen LogP contribution in [0.5, 0.6) is 0 Å². The Bertz CT molecular complexity index is 1460. The zero-order valence-corrected chi connectivity index (χ0v) is 21.5. The normalized spacial score (nSPS) is 19.0. The number of rotatable bonds is 4. The van der Waals surface area contributed by atoms with E-state index >= 15 is 0 Å². The number of aromatic nitrogens is 1. The summed E-state index contributed by atoms with van der Waals surface area (Å²) in [4.78, 5) is 16.3. The minimum absolute atomic E-state index is 0.217. The van der Waals surface area contributed by atoms with Crippen molar-refractivity contribution in [3.63, 3.8) is 0 Å². The average molecular weight is 554 g/mol. The van der Waals surface area contributed by atoms with Crippen LogP contribution < -0.4 is 10.5 Å². The molecule has 0 saturated carbocycles. The number of benzene rings is 2. The van der Waals surface area contributed by atoms with E-state index in [4.69, 9.17) is 11.6 Å². The van der Waals surface area contributed by atoms with Gasteiger partial charge in [0.1, 0.15) is 0 Å². The van der Waals surface area contributed by atoms with E-state index < -0.39 is 26.7 Å². The topological polar surface area (TPSA) is 73.5 Å². The fourth-order valence-electron chi connectivity index (χ4n) is 5.73. The monoisotopic (exact) mass is 553 g/mol. The van der Waals surface area contributed by atoms with Gasteiger partial charge in [0.25, 0.3) is 5.56 Å². The van der Waals surface area contributed by atoms with E-state index in [0.717, 1.165) is 49.1 Å². The van der Waals surface area contributed by atoms with Gasteiger partial charge < -0.3 is 9.88 Å². The third kappa shape index (κ3) is 5.11. The molecule has 37 heavy (non-hydrogen) atoms. The summed E-state index contributed by atoms with van der Waals surface area (Å²) in [5.74, 6) is 0.743. The van der Waals surface area contributed by atoms with Crippen molar-refractivity contribution < 1.29 is 21.6 Å². The Balaban J connectivity index is 1.22. The minimum Gasteiger partial charge on any atom is -0.371 e. The molecule has 0 atom stereocenters. The van der Waals surface area contributed by atoms with Crippen LogP contribution in [0.15, 0.2) is 58.4 Å². The van der Waals surface area contributed by atoms with Gasteiger partial charge in [-0.3, -0.25) is 4.79 Å².